The average molecular weight is 386 g/mol. The second-order valence-corrected chi connectivity index (χ2v) is 7.92. The van der Waals surface area contributed by atoms with Crippen LogP contribution in [-0.4, -0.2) is 29.8 Å². The van der Waals surface area contributed by atoms with E-state index in [2.05, 4.69) is 18.0 Å². The molecule has 0 fully saturated rings. The summed E-state index contributed by atoms with van der Waals surface area (Å²) in [5.74, 6) is 0.642. The first-order chi connectivity index (χ1) is 13.8. The van der Waals surface area contributed by atoms with Crippen LogP contribution in [0.5, 0.6) is 0 Å². The Morgan fingerprint density at radius 2 is 1.57 bits per heavy atom. The number of ether oxygens (including phenoxy) is 1. The molecule has 0 aliphatic carbocycles. The third-order valence-electron chi connectivity index (χ3n) is 5.40. The Bertz CT molecular complexity index is 567. The van der Waals surface area contributed by atoms with Gasteiger partial charge in [-0.3, -0.25) is 0 Å². The van der Waals surface area contributed by atoms with E-state index >= 15 is 0 Å². The molecular formula is C25H39NO2. The Labute approximate surface area is 171 Å². The summed E-state index contributed by atoms with van der Waals surface area (Å²) in [4.78, 5) is 4.53. The van der Waals surface area contributed by atoms with Gasteiger partial charge in [-0.1, -0.05) is 101 Å². The Morgan fingerprint density at radius 3 is 2.21 bits per heavy atom. The number of hydrogen-bond donors (Lipinski definition) is 1. The maximum Gasteiger partial charge on any atom is 0.216 e. The standard InChI is InChI=1S/C25H39NO2/c1-2-3-4-5-6-7-8-9-10-11-12-13-17-20-24(27)23-21-28-25(26-23)22-18-15-14-16-19-22/h14-20,23-24,27H,2-13,21H2,1H3/b20-17+/t23-,24+/m1/s1. The third-order valence-corrected chi connectivity index (χ3v) is 5.40. The number of aliphatic hydroxyl groups excluding tert-OH is 1. The maximum absolute atomic E-state index is 10.3. The highest BCUT2D eigenvalue weighted by Crippen LogP contribution is 2.16. The van der Waals surface area contributed by atoms with Gasteiger partial charge in [0.05, 0.1) is 6.10 Å². The number of benzene rings is 1. The molecule has 2 rings (SSSR count). The number of nitrogens with zero attached hydrogens (tertiary/aromatic N) is 1. The molecule has 0 saturated heterocycles. The molecule has 1 N–H and O–H groups in total. The van der Waals surface area contributed by atoms with E-state index in [0.717, 1.165) is 12.0 Å². The van der Waals surface area contributed by atoms with Crippen LogP contribution in [0.1, 0.15) is 89.5 Å². The number of rotatable bonds is 15. The van der Waals surface area contributed by atoms with Crippen molar-refractivity contribution in [3.63, 3.8) is 0 Å². The smallest absolute Gasteiger partial charge is 0.216 e. The summed E-state index contributed by atoms with van der Waals surface area (Å²) >= 11 is 0. The van der Waals surface area contributed by atoms with Crippen molar-refractivity contribution in [2.75, 3.05) is 6.61 Å². The molecule has 0 saturated carbocycles. The first-order valence-corrected chi connectivity index (χ1v) is 11.4. The van der Waals surface area contributed by atoms with Crippen LogP contribution in [0.2, 0.25) is 0 Å². The van der Waals surface area contributed by atoms with E-state index in [0.29, 0.717) is 12.5 Å². The van der Waals surface area contributed by atoms with E-state index in [4.69, 9.17) is 4.74 Å². The minimum atomic E-state index is -0.561. The molecule has 0 radical (unpaired) electrons. The van der Waals surface area contributed by atoms with Crippen molar-refractivity contribution < 1.29 is 9.84 Å². The summed E-state index contributed by atoms with van der Waals surface area (Å²) < 4.78 is 5.65. The lowest BCUT2D eigenvalue weighted by Crippen LogP contribution is -2.23. The van der Waals surface area contributed by atoms with Crippen LogP contribution < -0.4 is 0 Å². The normalized spacial score (nSPS) is 17.6. The predicted octanol–water partition coefficient (Wildman–Crippen LogP) is 6.45. The van der Waals surface area contributed by atoms with E-state index in [1.54, 1.807) is 0 Å². The summed E-state index contributed by atoms with van der Waals surface area (Å²) in [7, 11) is 0. The minimum Gasteiger partial charge on any atom is -0.475 e. The van der Waals surface area contributed by atoms with Crippen LogP contribution in [0.3, 0.4) is 0 Å². The van der Waals surface area contributed by atoms with E-state index in [1.165, 1.54) is 70.6 Å². The van der Waals surface area contributed by atoms with Gasteiger partial charge in [-0.15, -0.1) is 0 Å². The highest BCUT2D eigenvalue weighted by molar-refractivity contribution is 5.95. The van der Waals surface area contributed by atoms with Crippen molar-refractivity contribution >= 4 is 5.90 Å². The van der Waals surface area contributed by atoms with Crippen molar-refractivity contribution in [1.82, 2.24) is 0 Å². The van der Waals surface area contributed by atoms with E-state index in [1.807, 2.05) is 36.4 Å². The summed E-state index contributed by atoms with van der Waals surface area (Å²) in [6.07, 6.45) is 19.5. The van der Waals surface area contributed by atoms with Crippen LogP contribution in [0.25, 0.3) is 0 Å². The Balaban J connectivity index is 1.49. The fourth-order valence-electron chi connectivity index (χ4n) is 3.59. The van der Waals surface area contributed by atoms with Crippen LogP contribution >= 0.6 is 0 Å². The largest absolute Gasteiger partial charge is 0.475 e. The van der Waals surface area contributed by atoms with Crippen molar-refractivity contribution in [3.05, 3.63) is 48.0 Å². The first kappa shape index (κ1) is 22.7. The number of allylic oxidation sites excluding steroid dienone is 1. The molecule has 1 aromatic rings. The highest BCUT2D eigenvalue weighted by Gasteiger charge is 2.24. The van der Waals surface area contributed by atoms with Crippen LogP contribution in [0.15, 0.2) is 47.5 Å². The number of hydrogen-bond acceptors (Lipinski definition) is 3. The number of aliphatic imine (C=N–C) groups is 1. The molecule has 3 heteroatoms. The van der Waals surface area contributed by atoms with E-state index in [9.17, 15) is 5.11 Å². The SMILES string of the molecule is CCCCCCCCCCCCC/C=C/[C@H](O)[C@H]1COC(c2ccccc2)=N1. The number of aliphatic hydroxyl groups is 1. The van der Waals surface area contributed by atoms with Gasteiger partial charge < -0.3 is 9.84 Å². The third kappa shape index (κ3) is 9.05. The lowest BCUT2D eigenvalue weighted by molar-refractivity contribution is 0.168. The van der Waals surface area contributed by atoms with Gasteiger partial charge in [-0.2, -0.15) is 0 Å². The van der Waals surface area contributed by atoms with E-state index < -0.39 is 6.10 Å². The summed E-state index contributed by atoms with van der Waals surface area (Å²) in [6.45, 7) is 2.73. The van der Waals surface area contributed by atoms with E-state index in [-0.39, 0.29) is 6.04 Å². The molecule has 3 nitrogen and oxygen atoms in total. The summed E-state index contributed by atoms with van der Waals surface area (Å²) in [5.41, 5.74) is 0.974. The lowest BCUT2D eigenvalue weighted by atomic mass is 10.0. The first-order valence-electron chi connectivity index (χ1n) is 11.4. The summed E-state index contributed by atoms with van der Waals surface area (Å²) in [5, 5.41) is 10.3. The monoisotopic (exact) mass is 385 g/mol. The van der Waals surface area contributed by atoms with Gasteiger partial charge in [0.2, 0.25) is 5.90 Å². The van der Waals surface area contributed by atoms with Crippen molar-refractivity contribution in [1.29, 1.82) is 0 Å². The van der Waals surface area contributed by atoms with Gasteiger partial charge in [0.15, 0.2) is 0 Å². The van der Waals surface area contributed by atoms with Crippen LogP contribution in [0, 0.1) is 0 Å². The summed E-state index contributed by atoms with van der Waals surface area (Å²) in [6, 6.07) is 9.69. The van der Waals surface area contributed by atoms with Crippen molar-refractivity contribution in [3.8, 4) is 0 Å². The quantitative estimate of drug-likeness (QED) is 0.278. The molecule has 0 aromatic heterocycles. The molecule has 156 valence electrons. The zero-order valence-corrected chi connectivity index (χ0v) is 17.7. The molecule has 1 aliphatic heterocycles. The molecular weight excluding hydrogens is 346 g/mol. The topological polar surface area (TPSA) is 41.8 Å². The van der Waals surface area contributed by atoms with Gasteiger partial charge in [-0.25, -0.2) is 4.99 Å². The highest BCUT2D eigenvalue weighted by atomic mass is 16.5. The fourth-order valence-corrected chi connectivity index (χ4v) is 3.59. The molecule has 1 heterocycles. The van der Waals surface area contributed by atoms with Gasteiger partial charge in [0.25, 0.3) is 0 Å². The Hall–Kier alpha value is -1.61. The Kier molecular flexibility index (Phi) is 11.7. The second-order valence-electron chi connectivity index (χ2n) is 7.92. The van der Waals surface area contributed by atoms with Gasteiger partial charge in [0, 0.05) is 5.56 Å². The lowest BCUT2D eigenvalue weighted by Gasteiger charge is -2.08. The second kappa shape index (κ2) is 14.4. The molecule has 28 heavy (non-hydrogen) atoms. The maximum atomic E-state index is 10.3. The average Bonchev–Trinajstić information content (AvgIpc) is 3.22. The molecule has 0 amide bonds. The van der Waals surface area contributed by atoms with Gasteiger partial charge in [-0.05, 0) is 25.0 Å². The molecule has 1 aliphatic rings. The fraction of sp³-hybridized carbons (Fsp3) is 0.640. The molecule has 0 spiro atoms. The predicted molar refractivity (Wildman–Crippen MR) is 119 cm³/mol. The molecule has 0 bridgehead atoms. The van der Waals surface area contributed by atoms with Crippen molar-refractivity contribution in [2.45, 2.75) is 96.1 Å². The zero-order valence-electron chi connectivity index (χ0n) is 17.7. The Morgan fingerprint density at radius 1 is 0.964 bits per heavy atom. The molecule has 1 aromatic carbocycles. The van der Waals surface area contributed by atoms with Crippen molar-refractivity contribution in [2.24, 2.45) is 4.99 Å². The molecule has 2 atom stereocenters. The van der Waals surface area contributed by atoms with Crippen LogP contribution in [-0.2, 0) is 4.74 Å². The molecule has 0 unspecified atom stereocenters. The van der Waals surface area contributed by atoms with Crippen LogP contribution in [0.4, 0.5) is 0 Å². The van der Waals surface area contributed by atoms with Gasteiger partial charge >= 0.3 is 0 Å². The number of unbranched alkanes of at least 4 members (excludes halogenated alkanes) is 11. The van der Waals surface area contributed by atoms with Gasteiger partial charge in [0.1, 0.15) is 12.6 Å². The zero-order chi connectivity index (χ0) is 19.9. The minimum absolute atomic E-state index is 0.191.